The van der Waals surface area contributed by atoms with Crippen molar-refractivity contribution in [3.63, 3.8) is 0 Å². The van der Waals surface area contributed by atoms with Crippen LogP contribution in [0.5, 0.6) is 0 Å². The number of nitrogens with one attached hydrogen (secondary N) is 2. The number of aromatic nitrogens is 2. The highest BCUT2D eigenvalue weighted by Crippen LogP contribution is 2.35. The normalized spacial score (nSPS) is 15.5. The fourth-order valence-electron chi connectivity index (χ4n) is 7.13. The Bertz CT molecular complexity index is 1880. The summed E-state index contributed by atoms with van der Waals surface area (Å²) in [5.74, 6) is 0.488. The number of ether oxygens (including phenoxy) is 2. The van der Waals surface area contributed by atoms with Crippen molar-refractivity contribution in [1.82, 2.24) is 20.2 Å². The molecule has 7 nitrogen and oxygen atoms in total. The number of rotatable bonds is 16. The summed E-state index contributed by atoms with van der Waals surface area (Å²) >= 11 is 1.68. The summed E-state index contributed by atoms with van der Waals surface area (Å²) in [7, 11) is 0. The van der Waals surface area contributed by atoms with Crippen LogP contribution in [0.15, 0.2) is 85.2 Å². The van der Waals surface area contributed by atoms with Gasteiger partial charge < -0.3 is 14.8 Å². The lowest BCUT2D eigenvalue weighted by molar-refractivity contribution is -0.0254. The molecule has 2 fully saturated rings. The van der Waals surface area contributed by atoms with Crippen molar-refractivity contribution in [3.8, 4) is 10.6 Å². The smallest absolute Gasteiger partial charge is 0.132 e. The van der Waals surface area contributed by atoms with E-state index in [-0.39, 0.29) is 22.8 Å². The quantitative estimate of drug-likeness (QED) is 0.0765. The van der Waals surface area contributed by atoms with Gasteiger partial charge in [-0.2, -0.15) is 0 Å². The maximum Gasteiger partial charge on any atom is 0.132 e. The molecule has 1 aliphatic carbocycles. The van der Waals surface area contributed by atoms with Crippen LogP contribution in [0, 0.1) is 11.7 Å². The van der Waals surface area contributed by atoms with E-state index in [1.54, 1.807) is 17.4 Å². The minimum Gasteiger partial charge on any atom is -0.366 e. The van der Waals surface area contributed by atoms with Crippen molar-refractivity contribution in [2.75, 3.05) is 45.2 Å². The van der Waals surface area contributed by atoms with Crippen LogP contribution in [0.2, 0.25) is 0 Å². The molecule has 4 heterocycles. The molecule has 7 rings (SSSR count). The zero-order chi connectivity index (χ0) is 37.4. The van der Waals surface area contributed by atoms with E-state index in [0.29, 0.717) is 30.8 Å². The third-order valence-electron chi connectivity index (χ3n) is 10.2. The Labute approximate surface area is 335 Å². The summed E-state index contributed by atoms with van der Waals surface area (Å²) in [6, 6.07) is 24.5. The first-order chi connectivity index (χ1) is 26.7. The number of anilines is 1. The monoisotopic (exact) mass is 769 g/mol. The Morgan fingerprint density at radius 2 is 1.64 bits per heavy atom. The lowest BCUT2D eigenvalue weighted by Crippen LogP contribution is -2.58. The van der Waals surface area contributed by atoms with Crippen molar-refractivity contribution < 1.29 is 16.7 Å². The van der Waals surface area contributed by atoms with Crippen molar-refractivity contribution >= 4 is 39.4 Å². The van der Waals surface area contributed by atoms with Gasteiger partial charge in [0.05, 0.1) is 40.9 Å². The van der Waals surface area contributed by atoms with Crippen LogP contribution in [0.4, 0.5) is 10.1 Å². The predicted molar refractivity (Wildman–Crippen MR) is 234 cm³/mol. The number of benzene rings is 2. The third kappa shape index (κ3) is 12.8. The maximum atomic E-state index is 15.1. The van der Waals surface area contributed by atoms with Gasteiger partial charge in [-0.3, -0.25) is 20.2 Å². The van der Waals surface area contributed by atoms with E-state index in [1.807, 2.05) is 50.4 Å². The van der Waals surface area contributed by atoms with Crippen LogP contribution in [-0.4, -0.2) is 60.8 Å². The Balaban J connectivity index is 0.00000171. The molecule has 0 amide bonds. The average Bonchev–Trinajstić information content (AvgIpc) is 3.62. The van der Waals surface area contributed by atoms with Crippen LogP contribution in [0.1, 0.15) is 91.3 Å². The van der Waals surface area contributed by atoms with E-state index >= 15 is 4.39 Å². The van der Waals surface area contributed by atoms with Crippen molar-refractivity contribution in [2.24, 2.45) is 5.92 Å². The number of likely N-dealkylation sites (tertiary alicyclic amines) is 1. The molecule has 2 aromatic carbocycles. The molecule has 3 aromatic heterocycles. The first kappa shape index (κ1) is 42.2. The molecule has 2 aliphatic rings. The maximum absolute atomic E-state index is 15.1. The van der Waals surface area contributed by atoms with Gasteiger partial charge in [-0.25, -0.2) is 4.39 Å². The molecule has 5 aromatic rings. The van der Waals surface area contributed by atoms with Crippen LogP contribution in [0.25, 0.3) is 32.9 Å². The molecule has 2 N–H and O–H groups in total. The summed E-state index contributed by atoms with van der Waals surface area (Å²) in [5, 5.41) is 6.55. The topological polar surface area (TPSA) is 71.5 Å². The predicted octanol–water partition coefficient (Wildman–Crippen LogP) is 11.6. The molecule has 0 radical (unpaired) electrons. The minimum absolute atomic E-state index is 0. The lowest BCUT2D eigenvalue weighted by Gasteiger charge is -2.39. The van der Waals surface area contributed by atoms with Gasteiger partial charge >= 0.3 is 0 Å². The second-order valence-corrected chi connectivity index (χ2v) is 15.2. The van der Waals surface area contributed by atoms with Gasteiger partial charge in [-0.1, -0.05) is 115 Å². The fourth-order valence-corrected chi connectivity index (χ4v) is 8.22. The highest BCUT2D eigenvalue weighted by molar-refractivity contribution is 7.22. The molecular weight excluding hydrogens is 706 g/mol. The Morgan fingerprint density at radius 3 is 2.40 bits per heavy atom. The SMILES string of the molecule is C.CC.Fc1cc(NCOCNC2CN(COCCc3ccccc3)C2)ccc1/C=C\c1ccnc2cc(-c3ccc(CC4CCCCCCC4)cn3)sc12.[HH].[HH]. The van der Waals surface area contributed by atoms with E-state index in [2.05, 4.69) is 69.2 Å². The van der Waals surface area contributed by atoms with Crippen molar-refractivity contribution in [2.45, 2.75) is 85.1 Å². The molecule has 9 heteroatoms. The molecule has 55 heavy (non-hydrogen) atoms. The second-order valence-electron chi connectivity index (χ2n) is 14.1. The van der Waals surface area contributed by atoms with E-state index in [4.69, 9.17) is 14.5 Å². The van der Waals surface area contributed by atoms with Gasteiger partial charge in [0.2, 0.25) is 0 Å². The molecule has 0 atom stereocenters. The van der Waals surface area contributed by atoms with Crippen LogP contribution < -0.4 is 10.6 Å². The van der Waals surface area contributed by atoms with Gasteiger partial charge in [-0.05, 0) is 71.8 Å². The van der Waals surface area contributed by atoms with Gasteiger partial charge in [0.1, 0.15) is 12.5 Å². The molecule has 0 unspecified atom stereocenters. The number of fused-ring (bicyclic) bond motifs is 1. The lowest BCUT2D eigenvalue weighted by atomic mass is 9.87. The zero-order valence-corrected chi connectivity index (χ0v) is 32.8. The molecule has 298 valence electrons. The molecule has 1 aliphatic heterocycles. The first-order valence-corrected chi connectivity index (χ1v) is 20.7. The highest BCUT2D eigenvalue weighted by Gasteiger charge is 2.25. The average molecular weight is 770 g/mol. The summed E-state index contributed by atoms with van der Waals surface area (Å²) in [4.78, 5) is 12.8. The Kier molecular flexibility index (Phi) is 17.3. The van der Waals surface area contributed by atoms with Gasteiger partial charge in [0.15, 0.2) is 0 Å². The van der Waals surface area contributed by atoms with Gasteiger partial charge in [-0.15, -0.1) is 11.3 Å². The Morgan fingerprint density at radius 1 is 0.855 bits per heavy atom. The van der Waals surface area contributed by atoms with Crippen LogP contribution >= 0.6 is 11.3 Å². The van der Waals surface area contributed by atoms with Crippen molar-refractivity contribution in [3.05, 3.63) is 113 Å². The molecule has 1 saturated heterocycles. The Hall–Kier alpha value is -3.99. The molecule has 0 spiro atoms. The first-order valence-electron chi connectivity index (χ1n) is 19.9. The van der Waals surface area contributed by atoms with Gasteiger partial charge in [0.25, 0.3) is 0 Å². The molecule has 0 bridgehead atoms. The van der Waals surface area contributed by atoms with E-state index in [0.717, 1.165) is 64.8 Å². The molecule has 1 saturated carbocycles. The number of thiophene rings is 1. The fraction of sp³-hybridized carbons (Fsp3) is 0.435. The third-order valence-corrected chi connectivity index (χ3v) is 11.4. The number of pyridine rings is 2. The summed E-state index contributed by atoms with van der Waals surface area (Å²) in [5.41, 5.74) is 6.73. The minimum atomic E-state index is -0.291. The van der Waals surface area contributed by atoms with Crippen LogP contribution in [0.3, 0.4) is 0 Å². The second kappa shape index (κ2) is 22.5. The molecular formula is C46H64FN5O2S. The van der Waals surface area contributed by atoms with Crippen LogP contribution in [-0.2, 0) is 22.3 Å². The number of nitrogens with zero attached hydrogens (tertiary/aromatic N) is 3. The largest absolute Gasteiger partial charge is 0.366 e. The number of halogens is 1. The van der Waals surface area contributed by atoms with Crippen molar-refractivity contribution in [1.29, 1.82) is 0 Å². The van der Waals surface area contributed by atoms with E-state index < -0.39 is 0 Å². The standard InChI is InChI=1S/C43H50FN5O2S.C2H6.CH4.2H2/c44-39-24-37(47-29-51-30-48-38-27-49(28-38)31-50-22-20-32-9-7-4-8-10-32)17-16-35(39)14-15-36-19-21-45-41-25-42(52-43(36)41)40-18-13-34(26-46-40)23-33-11-5-2-1-3-6-12-33;1-2;;;/h4,7-10,13-19,21,24-26,33,38,47-48H,1-3,5-6,11-12,20,22-23,27-31H2;1-2H3;1H4;2*1H/b15-14-;;;;. The van der Waals surface area contributed by atoms with E-state index in [1.165, 1.54) is 62.1 Å². The van der Waals surface area contributed by atoms with Gasteiger partial charge in [0, 0.05) is 45.6 Å². The zero-order valence-electron chi connectivity index (χ0n) is 31.9. The number of hydrogen-bond donors (Lipinski definition) is 2. The summed E-state index contributed by atoms with van der Waals surface area (Å²) < 4.78 is 27.7. The summed E-state index contributed by atoms with van der Waals surface area (Å²) in [6.45, 7) is 7.96. The van der Waals surface area contributed by atoms with E-state index in [9.17, 15) is 0 Å². The number of hydrogen-bond acceptors (Lipinski definition) is 8. The summed E-state index contributed by atoms with van der Waals surface area (Å²) in [6.07, 6.45) is 19.3. The highest BCUT2D eigenvalue weighted by atomic mass is 32.1.